The van der Waals surface area contributed by atoms with Crippen molar-refractivity contribution >= 4 is 23.4 Å². The van der Waals surface area contributed by atoms with Gasteiger partial charge in [-0.25, -0.2) is 14.5 Å². The molecule has 1 aliphatic carbocycles. The molecule has 0 saturated heterocycles. The van der Waals surface area contributed by atoms with Gasteiger partial charge in [-0.15, -0.1) is 0 Å². The molecule has 2 aliphatic rings. The molecular weight excluding hydrogens is 372 g/mol. The van der Waals surface area contributed by atoms with Crippen molar-refractivity contribution in [2.75, 3.05) is 23.5 Å². The summed E-state index contributed by atoms with van der Waals surface area (Å²) < 4.78 is 6.49. The van der Waals surface area contributed by atoms with Crippen molar-refractivity contribution in [3.05, 3.63) is 24.2 Å². The molecule has 29 heavy (non-hydrogen) atoms. The zero-order valence-corrected chi connectivity index (χ0v) is 17.0. The number of anilines is 2. The maximum atomic E-state index is 12.9. The number of carbonyl (C=O) groups excluding carboxylic acids is 2. The van der Waals surface area contributed by atoms with Gasteiger partial charge in [-0.05, 0) is 26.2 Å². The van der Waals surface area contributed by atoms with E-state index in [4.69, 9.17) is 9.72 Å². The van der Waals surface area contributed by atoms with Crippen LogP contribution in [0.1, 0.15) is 56.3 Å². The predicted molar refractivity (Wildman–Crippen MR) is 107 cm³/mol. The number of carbonyl (C=O) groups is 2. The van der Waals surface area contributed by atoms with E-state index < -0.39 is 5.97 Å². The minimum absolute atomic E-state index is 0.0759. The summed E-state index contributed by atoms with van der Waals surface area (Å²) in [6.07, 6.45) is 9.83. The molecule has 2 aromatic heterocycles. The summed E-state index contributed by atoms with van der Waals surface area (Å²) in [4.78, 5) is 37.9. The average Bonchev–Trinajstić information content (AvgIpc) is 3.42. The SMILES string of the molecule is CCOC(=O)c1cnn(-c2ncc3c(n2)N(C2CCCC2)[C@H](CC)C(=O)N3C)c1. The molecular formula is C20H26N6O3. The van der Waals surface area contributed by atoms with Gasteiger partial charge in [0, 0.05) is 19.3 Å². The molecule has 1 aliphatic heterocycles. The number of likely N-dealkylation sites (N-methyl/N-ethyl adjacent to an activating group) is 1. The van der Waals surface area contributed by atoms with Crippen LogP contribution in [-0.4, -0.2) is 57.4 Å². The number of nitrogens with zero attached hydrogens (tertiary/aromatic N) is 6. The van der Waals surface area contributed by atoms with Crippen molar-refractivity contribution < 1.29 is 14.3 Å². The van der Waals surface area contributed by atoms with E-state index in [1.807, 2.05) is 6.92 Å². The highest BCUT2D eigenvalue weighted by Crippen LogP contribution is 2.39. The zero-order chi connectivity index (χ0) is 20.5. The molecule has 2 aromatic rings. The van der Waals surface area contributed by atoms with E-state index in [1.54, 1.807) is 31.3 Å². The first kappa shape index (κ1) is 19.4. The third-order valence-electron chi connectivity index (χ3n) is 5.70. The Morgan fingerprint density at radius 1 is 1.24 bits per heavy atom. The summed E-state index contributed by atoms with van der Waals surface area (Å²) in [7, 11) is 1.77. The van der Waals surface area contributed by atoms with Crippen molar-refractivity contribution in [3.8, 4) is 5.95 Å². The highest BCUT2D eigenvalue weighted by molar-refractivity contribution is 6.04. The van der Waals surface area contributed by atoms with Gasteiger partial charge >= 0.3 is 5.97 Å². The lowest BCUT2D eigenvalue weighted by molar-refractivity contribution is -0.120. The summed E-state index contributed by atoms with van der Waals surface area (Å²) in [5.41, 5.74) is 1.05. The fourth-order valence-corrected chi connectivity index (χ4v) is 4.24. The number of aromatic nitrogens is 4. The Morgan fingerprint density at radius 2 is 2.00 bits per heavy atom. The number of esters is 1. The van der Waals surface area contributed by atoms with Gasteiger partial charge in [-0.1, -0.05) is 19.8 Å². The Balaban J connectivity index is 1.75. The lowest BCUT2D eigenvalue weighted by Crippen LogP contribution is -2.55. The van der Waals surface area contributed by atoms with Crippen molar-refractivity contribution in [1.82, 2.24) is 19.7 Å². The largest absolute Gasteiger partial charge is 0.462 e. The molecule has 9 nitrogen and oxygen atoms in total. The van der Waals surface area contributed by atoms with Crippen LogP contribution in [0, 0.1) is 0 Å². The summed E-state index contributed by atoms with van der Waals surface area (Å²) in [5, 5.41) is 4.23. The van der Waals surface area contributed by atoms with Gasteiger partial charge in [0.05, 0.1) is 24.6 Å². The average molecular weight is 398 g/mol. The van der Waals surface area contributed by atoms with E-state index in [9.17, 15) is 9.59 Å². The first-order valence-corrected chi connectivity index (χ1v) is 10.2. The van der Waals surface area contributed by atoms with Crippen LogP contribution in [0.2, 0.25) is 0 Å². The summed E-state index contributed by atoms with van der Waals surface area (Å²) in [5.74, 6) is 0.761. The van der Waals surface area contributed by atoms with Crippen molar-refractivity contribution in [2.45, 2.75) is 58.0 Å². The van der Waals surface area contributed by atoms with Crippen LogP contribution in [0.25, 0.3) is 5.95 Å². The summed E-state index contributed by atoms with van der Waals surface area (Å²) in [6.45, 7) is 4.09. The van der Waals surface area contributed by atoms with Gasteiger partial charge < -0.3 is 14.5 Å². The standard InChI is InChI=1S/C20H26N6O3/c1-4-15-18(27)24(3)16-11-21-20(23-17(16)26(15)14-8-6-7-9-14)25-12-13(10-22-25)19(28)29-5-2/h10-12,14-15H,4-9H2,1-3H3/t15-/m1/s1. The van der Waals surface area contributed by atoms with Crippen LogP contribution in [0.5, 0.6) is 0 Å². The van der Waals surface area contributed by atoms with Gasteiger partial charge in [-0.2, -0.15) is 10.1 Å². The second kappa shape index (κ2) is 7.81. The smallest absolute Gasteiger partial charge is 0.341 e. The van der Waals surface area contributed by atoms with Crippen LogP contribution in [-0.2, 0) is 9.53 Å². The fourth-order valence-electron chi connectivity index (χ4n) is 4.24. The van der Waals surface area contributed by atoms with Crippen molar-refractivity contribution in [2.24, 2.45) is 0 Å². The third kappa shape index (κ3) is 3.34. The minimum atomic E-state index is -0.430. The molecule has 4 rings (SSSR count). The third-order valence-corrected chi connectivity index (χ3v) is 5.70. The zero-order valence-electron chi connectivity index (χ0n) is 17.0. The number of amides is 1. The van der Waals surface area contributed by atoms with Crippen molar-refractivity contribution in [1.29, 1.82) is 0 Å². The van der Waals surface area contributed by atoms with Gasteiger partial charge in [0.1, 0.15) is 11.7 Å². The Labute approximate surface area is 169 Å². The Bertz CT molecular complexity index is 921. The Morgan fingerprint density at radius 3 is 2.69 bits per heavy atom. The molecule has 3 heterocycles. The summed E-state index contributed by atoms with van der Waals surface area (Å²) in [6, 6.07) is 0.0675. The van der Waals surface area contributed by atoms with E-state index in [0.29, 0.717) is 36.3 Å². The minimum Gasteiger partial charge on any atom is -0.462 e. The molecule has 1 atom stereocenters. The lowest BCUT2D eigenvalue weighted by atomic mass is 10.0. The van der Waals surface area contributed by atoms with E-state index >= 15 is 0 Å². The van der Waals surface area contributed by atoms with Crippen LogP contribution in [0.4, 0.5) is 11.5 Å². The number of hydrogen-bond acceptors (Lipinski definition) is 7. The Hall–Kier alpha value is -2.97. The van der Waals surface area contributed by atoms with E-state index in [0.717, 1.165) is 31.5 Å². The second-order valence-electron chi connectivity index (χ2n) is 7.44. The highest BCUT2D eigenvalue weighted by atomic mass is 16.5. The molecule has 9 heteroatoms. The predicted octanol–water partition coefficient (Wildman–Crippen LogP) is 2.34. The first-order valence-electron chi connectivity index (χ1n) is 10.2. The normalized spacial score (nSPS) is 19.6. The maximum absolute atomic E-state index is 12.9. The number of ether oxygens (including phenoxy) is 1. The molecule has 154 valence electrons. The molecule has 1 saturated carbocycles. The van der Waals surface area contributed by atoms with Crippen LogP contribution in [0.3, 0.4) is 0 Å². The van der Waals surface area contributed by atoms with E-state index in [-0.39, 0.29) is 11.9 Å². The van der Waals surface area contributed by atoms with E-state index in [2.05, 4.69) is 15.0 Å². The monoisotopic (exact) mass is 398 g/mol. The number of rotatable bonds is 5. The maximum Gasteiger partial charge on any atom is 0.341 e. The number of hydrogen-bond donors (Lipinski definition) is 0. The van der Waals surface area contributed by atoms with Crippen LogP contribution < -0.4 is 9.80 Å². The van der Waals surface area contributed by atoms with Crippen LogP contribution in [0.15, 0.2) is 18.6 Å². The van der Waals surface area contributed by atoms with Gasteiger partial charge in [0.25, 0.3) is 5.95 Å². The van der Waals surface area contributed by atoms with Crippen LogP contribution >= 0.6 is 0 Å². The fraction of sp³-hybridized carbons (Fsp3) is 0.550. The molecule has 0 bridgehead atoms. The molecule has 1 amide bonds. The number of fused-ring (bicyclic) bond motifs is 1. The highest BCUT2D eigenvalue weighted by Gasteiger charge is 2.41. The lowest BCUT2D eigenvalue weighted by Gasteiger charge is -2.43. The molecule has 1 fully saturated rings. The van der Waals surface area contributed by atoms with Gasteiger partial charge in [-0.3, -0.25) is 4.79 Å². The van der Waals surface area contributed by atoms with E-state index in [1.165, 1.54) is 10.9 Å². The molecule has 0 N–H and O–H groups in total. The molecule has 0 aromatic carbocycles. The van der Waals surface area contributed by atoms with Gasteiger partial charge in [0.15, 0.2) is 5.82 Å². The Kier molecular flexibility index (Phi) is 5.21. The van der Waals surface area contributed by atoms with Crippen molar-refractivity contribution in [3.63, 3.8) is 0 Å². The van der Waals surface area contributed by atoms with Gasteiger partial charge in [0.2, 0.25) is 5.91 Å². The molecule has 0 unspecified atom stereocenters. The topological polar surface area (TPSA) is 93.5 Å². The first-order chi connectivity index (χ1) is 14.0. The second-order valence-corrected chi connectivity index (χ2v) is 7.44. The summed E-state index contributed by atoms with van der Waals surface area (Å²) >= 11 is 0. The molecule has 0 spiro atoms. The molecule has 0 radical (unpaired) electrons. The quantitative estimate of drug-likeness (QED) is 0.714.